The van der Waals surface area contributed by atoms with E-state index in [1.54, 1.807) is 23.0 Å². The van der Waals surface area contributed by atoms with Gasteiger partial charge in [-0.2, -0.15) is 10.2 Å². The van der Waals surface area contributed by atoms with Crippen LogP contribution >= 0.6 is 11.6 Å². The van der Waals surface area contributed by atoms with Crippen molar-refractivity contribution in [1.29, 1.82) is 0 Å². The van der Waals surface area contributed by atoms with Crippen molar-refractivity contribution in [2.75, 3.05) is 5.32 Å². The molecule has 0 saturated heterocycles. The third-order valence-electron chi connectivity index (χ3n) is 5.48. The van der Waals surface area contributed by atoms with Crippen molar-refractivity contribution in [2.24, 2.45) is 0 Å². The largest absolute Gasteiger partial charge is 0.489 e. The van der Waals surface area contributed by atoms with E-state index >= 15 is 0 Å². The molecule has 8 heteroatoms. The molecule has 4 aromatic rings. The van der Waals surface area contributed by atoms with E-state index in [1.165, 1.54) is 0 Å². The van der Waals surface area contributed by atoms with Gasteiger partial charge in [-0.3, -0.25) is 14.2 Å². The summed E-state index contributed by atoms with van der Waals surface area (Å²) in [7, 11) is 0. The van der Waals surface area contributed by atoms with E-state index < -0.39 is 0 Å². The van der Waals surface area contributed by atoms with E-state index in [1.807, 2.05) is 61.3 Å². The molecule has 0 saturated carbocycles. The van der Waals surface area contributed by atoms with Gasteiger partial charge in [0.05, 0.1) is 24.6 Å². The van der Waals surface area contributed by atoms with E-state index in [4.69, 9.17) is 16.3 Å². The number of hydrogen-bond acceptors (Lipinski definition) is 4. The Kier molecular flexibility index (Phi) is 6.79. The molecule has 0 aliphatic carbocycles. The van der Waals surface area contributed by atoms with Gasteiger partial charge >= 0.3 is 0 Å². The molecule has 4 rings (SSSR count). The van der Waals surface area contributed by atoms with Gasteiger partial charge in [0.1, 0.15) is 12.4 Å². The molecule has 0 aliphatic heterocycles. The number of aryl methyl sites for hydroxylation is 2. The molecule has 1 N–H and O–H groups in total. The van der Waals surface area contributed by atoms with Crippen molar-refractivity contribution >= 4 is 23.2 Å². The molecule has 0 aliphatic rings. The van der Waals surface area contributed by atoms with Gasteiger partial charge in [0.15, 0.2) is 0 Å². The third-order valence-corrected chi connectivity index (χ3v) is 5.90. The van der Waals surface area contributed by atoms with E-state index in [0.29, 0.717) is 29.4 Å². The van der Waals surface area contributed by atoms with Crippen LogP contribution in [-0.2, 0) is 19.7 Å². The zero-order valence-corrected chi connectivity index (χ0v) is 19.6. The molecule has 0 spiro atoms. The molecule has 7 nitrogen and oxygen atoms in total. The van der Waals surface area contributed by atoms with Gasteiger partial charge in [-0.25, -0.2) is 0 Å². The molecule has 1 amide bonds. The summed E-state index contributed by atoms with van der Waals surface area (Å²) in [6.07, 6.45) is 5.32. The number of carbonyl (C=O) groups excluding carboxylic acids is 1. The number of carbonyl (C=O) groups is 1. The zero-order valence-electron chi connectivity index (χ0n) is 18.9. The Morgan fingerprint density at radius 1 is 1.09 bits per heavy atom. The number of benzene rings is 2. The van der Waals surface area contributed by atoms with Gasteiger partial charge in [-0.1, -0.05) is 23.7 Å². The topological polar surface area (TPSA) is 74.0 Å². The van der Waals surface area contributed by atoms with Gasteiger partial charge in [0.2, 0.25) is 0 Å². The van der Waals surface area contributed by atoms with Crippen LogP contribution in [0.2, 0.25) is 5.02 Å². The number of halogens is 1. The number of nitrogens with one attached hydrogen (secondary N) is 1. The van der Waals surface area contributed by atoms with E-state index in [0.717, 1.165) is 34.7 Å². The fourth-order valence-corrected chi connectivity index (χ4v) is 3.60. The Morgan fingerprint density at radius 3 is 2.58 bits per heavy atom. The first-order valence-electron chi connectivity index (χ1n) is 10.8. The SMILES string of the molecule is CCn1ncc(Cn2cc(NC(=O)c3ccc(COc4ccc(Cl)c(C)c4)cc3)cn2)c1C. The van der Waals surface area contributed by atoms with E-state index in [9.17, 15) is 4.79 Å². The van der Waals surface area contributed by atoms with Crippen molar-refractivity contribution in [1.82, 2.24) is 19.6 Å². The fraction of sp³-hybridized carbons (Fsp3) is 0.240. The number of aromatic nitrogens is 4. The molecule has 2 aromatic heterocycles. The molecule has 33 heavy (non-hydrogen) atoms. The Balaban J connectivity index is 1.33. The Labute approximate surface area is 197 Å². The number of nitrogens with zero attached hydrogens (tertiary/aromatic N) is 4. The minimum absolute atomic E-state index is 0.190. The molecule has 2 heterocycles. The summed E-state index contributed by atoms with van der Waals surface area (Å²) >= 11 is 6.05. The van der Waals surface area contributed by atoms with Crippen LogP contribution in [0.5, 0.6) is 5.75 Å². The second-order valence-corrected chi connectivity index (χ2v) is 8.26. The first kappa shape index (κ1) is 22.6. The number of ether oxygens (including phenoxy) is 1. The van der Waals surface area contributed by atoms with Crippen molar-refractivity contribution in [3.63, 3.8) is 0 Å². The smallest absolute Gasteiger partial charge is 0.255 e. The average molecular weight is 464 g/mol. The lowest BCUT2D eigenvalue weighted by molar-refractivity contribution is 0.102. The maximum Gasteiger partial charge on any atom is 0.255 e. The van der Waals surface area contributed by atoms with Crippen molar-refractivity contribution < 1.29 is 9.53 Å². The van der Waals surface area contributed by atoms with Crippen LogP contribution in [0.15, 0.2) is 61.1 Å². The van der Waals surface area contributed by atoms with Crippen LogP contribution < -0.4 is 10.1 Å². The van der Waals surface area contributed by atoms with Gasteiger partial charge in [0.25, 0.3) is 5.91 Å². The highest BCUT2D eigenvalue weighted by molar-refractivity contribution is 6.31. The Hall–Kier alpha value is -3.58. The molecule has 0 fully saturated rings. The summed E-state index contributed by atoms with van der Waals surface area (Å²) in [6.45, 7) is 7.88. The predicted molar refractivity (Wildman–Crippen MR) is 129 cm³/mol. The van der Waals surface area contributed by atoms with Gasteiger partial charge < -0.3 is 10.1 Å². The highest BCUT2D eigenvalue weighted by Gasteiger charge is 2.10. The molecule has 0 radical (unpaired) electrons. The maximum absolute atomic E-state index is 12.6. The van der Waals surface area contributed by atoms with Crippen LogP contribution in [0.1, 0.15) is 39.7 Å². The fourth-order valence-electron chi connectivity index (χ4n) is 3.48. The Morgan fingerprint density at radius 2 is 1.88 bits per heavy atom. The van der Waals surface area contributed by atoms with Crippen molar-refractivity contribution in [3.8, 4) is 5.75 Å². The van der Waals surface area contributed by atoms with Crippen LogP contribution in [0.3, 0.4) is 0 Å². The first-order valence-corrected chi connectivity index (χ1v) is 11.1. The molecule has 0 atom stereocenters. The van der Waals surface area contributed by atoms with Gasteiger partial charge in [-0.15, -0.1) is 0 Å². The first-order chi connectivity index (χ1) is 15.9. The summed E-state index contributed by atoms with van der Waals surface area (Å²) in [5.41, 5.74) is 5.36. The summed E-state index contributed by atoms with van der Waals surface area (Å²) in [5.74, 6) is 0.568. The summed E-state index contributed by atoms with van der Waals surface area (Å²) in [5, 5.41) is 12.3. The van der Waals surface area contributed by atoms with Crippen molar-refractivity contribution in [2.45, 2.75) is 40.5 Å². The highest BCUT2D eigenvalue weighted by Crippen LogP contribution is 2.22. The number of rotatable bonds is 8. The second kappa shape index (κ2) is 9.92. The van der Waals surface area contributed by atoms with Crippen LogP contribution in [0.25, 0.3) is 0 Å². The average Bonchev–Trinajstić information content (AvgIpc) is 3.41. The predicted octanol–water partition coefficient (Wildman–Crippen LogP) is 5.25. The van der Waals surface area contributed by atoms with Crippen molar-refractivity contribution in [3.05, 3.63) is 94.0 Å². The lowest BCUT2D eigenvalue weighted by Gasteiger charge is -2.09. The quantitative estimate of drug-likeness (QED) is 0.387. The molecule has 170 valence electrons. The molecule has 0 unspecified atom stereocenters. The minimum atomic E-state index is -0.190. The van der Waals surface area contributed by atoms with Gasteiger partial charge in [0, 0.05) is 34.6 Å². The summed E-state index contributed by atoms with van der Waals surface area (Å²) < 4.78 is 9.56. The monoisotopic (exact) mass is 463 g/mol. The van der Waals surface area contributed by atoms with E-state index in [2.05, 4.69) is 22.4 Å². The maximum atomic E-state index is 12.6. The molecule has 2 aromatic carbocycles. The lowest BCUT2D eigenvalue weighted by atomic mass is 10.1. The summed E-state index contributed by atoms with van der Waals surface area (Å²) in [6, 6.07) is 12.9. The number of hydrogen-bond donors (Lipinski definition) is 1. The minimum Gasteiger partial charge on any atom is -0.489 e. The summed E-state index contributed by atoms with van der Waals surface area (Å²) in [4.78, 5) is 12.6. The van der Waals surface area contributed by atoms with Crippen LogP contribution in [0.4, 0.5) is 5.69 Å². The zero-order chi connectivity index (χ0) is 23.4. The Bertz CT molecular complexity index is 1260. The molecular weight excluding hydrogens is 438 g/mol. The number of anilines is 1. The second-order valence-electron chi connectivity index (χ2n) is 7.85. The lowest BCUT2D eigenvalue weighted by Crippen LogP contribution is -2.11. The third kappa shape index (κ3) is 5.43. The molecule has 0 bridgehead atoms. The van der Waals surface area contributed by atoms with Crippen LogP contribution in [0, 0.1) is 13.8 Å². The van der Waals surface area contributed by atoms with E-state index in [-0.39, 0.29) is 5.91 Å². The van der Waals surface area contributed by atoms with Gasteiger partial charge in [-0.05, 0) is 62.2 Å². The van der Waals surface area contributed by atoms with Crippen LogP contribution in [-0.4, -0.2) is 25.5 Å². The normalized spacial score (nSPS) is 10.9. The highest BCUT2D eigenvalue weighted by atomic mass is 35.5. The standard InChI is InChI=1S/C25H26ClN5O2/c1-4-31-18(3)21(12-28-31)14-30-15-22(13-27-30)29-25(32)20-7-5-19(6-8-20)16-33-23-9-10-24(26)17(2)11-23/h5-13,15H,4,14,16H2,1-3H3,(H,29,32). The molecular formula is C25H26ClN5O2. The number of amides is 1.